The third kappa shape index (κ3) is 2.85. The Kier molecular flexibility index (Phi) is 3.52. The number of aryl methyl sites for hydroxylation is 1. The van der Waals surface area contributed by atoms with E-state index in [1.165, 1.54) is 12.8 Å². The van der Waals surface area contributed by atoms with Gasteiger partial charge in [-0.2, -0.15) is 0 Å². The van der Waals surface area contributed by atoms with E-state index in [-0.39, 0.29) is 5.88 Å². The van der Waals surface area contributed by atoms with E-state index in [4.69, 9.17) is 11.6 Å². The molecule has 0 saturated heterocycles. The highest BCUT2D eigenvalue weighted by Crippen LogP contribution is 2.32. The molecule has 2 nitrogen and oxygen atoms in total. The maximum atomic E-state index is 9.39. The molecule has 0 atom stereocenters. The largest absolute Gasteiger partial charge is 0.492 e. The quantitative estimate of drug-likeness (QED) is 0.809. The summed E-state index contributed by atoms with van der Waals surface area (Å²) in [5.41, 5.74) is 0. The number of hydrogen-bond acceptors (Lipinski definition) is 3. The van der Waals surface area contributed by atoms with E-state index in [9.17, 15) is 5.11 Å². The molecule has 0 spiro atoms. The van der Waals surface area contributed by atoms with Gasteiger partial charge in [-0.3, -0.25) is 0 Å². The summed E-state index contributed by atoms with van der Waals surface area (Å²) in [5, 5.41) is 10.8. The topological polar surface area (TPSA) is 33.1 Å². The molecule has 15 heavy (non-hydrogen) atoms. The van der Waals surface area contributed by atoms with Crippen LogP contribution in [0.5, 0.6) is 5.88 Å². The first-order chi connectivity index (χ1) is 7.15. The summed E-state index contributed by atoms with van der Waals surface area (Å²) in [6.45, 7) is 1.91. The fraction of sp³-hybridized carbons (Fsp3) is 0.727. The highest BCUT2D eigenvalue weighted by Gasteiger charge is 2.21. The summed E-state index contributed by atoms with van der Waals surface area (Å²) in [7, 11) is 0. The maximum Gasteiger partial charge on any atom is 0.225 e. The van der Waals surface area contributed by atoms with Crippen molar-refractivity contribution in [2.75, 3.05) is 0 Å². The molecule has 0 radical (unpaired) electrons. The van der Waals surface area contributed by atoms with Gasteiger partial charge in [0.25, 0.3) is 0 Å². The minimum absolute atomic E-state index is 0.209. The van der Waals surface area contributed by atoms with Gasteiger partial charge in [0, 0.05) is 11.8 Å². The molecule has 0 bridgehead atoms. The van der Waals surface area contributed by atoms with Crippen LogP contribution in [-0.2, 0) is 6.42 Å². The van der Waals surface area contributed by atoms with Crippen molar-refractivity contribution in [2.45, 2.75) is 44.4 Å². The van der Waals surface area contributed by atoms with Gasteiger partial charge in [-0.15, -0.1) is 22.9 Å². The minimum Gasteiger partial charge on any atom is -0.492 e. The third-order valence-electron chi connectivity index (χ3n) is 3.06. The van der Waals surface area contributed by atoms with Gasteiger partial charge >= 0.3 is 0 Å². The lowest BCUT2D eigenvalue weighted by molar-refractivity contribution is 0.359. The van der Waals surface area contributed by atoms with Gasteiger partial charge in [-0.1, -0.05) is 0 Å². The van der Waals surface area contributed by atoms with Crippen molar-refractivity contribution in [1.82, 2.24) is 4.98 Å². The Hall–Kier alpha value is -0.280. The van der Waals surface area contributed by atoms with E-state index in [0.29, 0.717) is 11.3 Å². The Bertz CT molecular complexity index is 312. The fourth-order valence-corrected chi connectivity index (χ4v) is 3.30. The lowest BCUT2D eigenvalue weighted by Crippen LogP contribution is -2.16. The van der Waals surface area contributed by atoms with E-state index < -0.39 is 0 Å². The number of halogens is 1. The van der Waals surface area contributed by atoms with Gasteiger partial charge in [0.1, 0.15) is 0 Å². The zero-order chi connectivity index (χ0) is 10.8. The van der Waals surface area contributed by atoms with Crippen molar-refractivity contribution < 1.29 is 5.11 Å². The van der Waals surface area contributed by atoms with Crippen LogP contribution in [0.1, 0.15) is 35.6 Å². The lowest BCUT2D eigenvalue weighted by atomic mass is 9.87. The number of thiazole rings is 1. The zero-order valence-electron chi connectivity index (χ0n) is 8.87. The summed E-state index contributed by atoms with van der Waals surface area (Å²) >= 11 is 7.68. The second-order valence-electron chi connectivity index (χ2n) is 4.31. The predicted molar refractivity (Wildman–Crippen MR) is 63.8 cm³/mol. The molecule has 4 heteroatoms. The van der Waals surface area contributed by atoms with E-state index in [0.717, 1.165) is 29.1 Å². The molecule has 1 aromatic rings. The maximum absolute atomic E-state index is 9.39. The second kappa shape index (κ2) is 4.71. The van der Waals surface area contributed by atoms with Gasteiger partial charge in [-0.05, 0) is 38.5 Å². The van der Waals surface area contributed by atoms with Crippen molar-refractivity contribution in [3.8, 4) is 5.88 Å². The molecule has 0 aromatic carbocycles. The first-order valence-corrected chi connectivity index (χ1v) is 6.70. The van der Waals surface area contributed by atoms with Crippen LogP contribution in [0.2, 0.25) is 0 Å². The third-order valence-corrected chi connectivity index (χ3v) is 4.47. The Morgan fingerprint density at radius 1 is 1.40 bits per heavy atom. The first kappa shape index (κ1) is 11.2. The number of hydrogen-bond donors (Lipinski definition) is 1. The lowest BCUT2D eigenvalue weighted by Gasteiger charge is -2.23. The molecular weight excluding hydrogens is 230 g/mol. The molecule has 0 amide bonds. The van der Waals surface area contributed by atoms with Crippen molar-refractivity contribution in [3.05, 3.63) is 9.88 Å². The molecule has 1 aliphatic rings. The number of aromatic hydroxyl groups is 1. The summed E-state index contributed by atoms with van der Waals surface area (Å²) in [6, 6.07) is 0. The molecule has 1 heterocycles. The standard InChI is InChI=1S/C11H16ClNOS/c1-7-11(14)13-10(15-7)6-8-2-4-9(12)5-3-8/h8-9,14H,2-6H2,1H3. The van der Waals surface area contributed by atoms with Crippen LogP contribution in [0.25, 0.3) is 0 Å². The highest BCUT2D eigenvalue weighted by atomic mass is 35.5. The zero-order valence-corrected chi connectivity index (χ0v) is 10.4. The van der Waals surface area contributed by atoms with Crippen LogP contribution in [0.4, 0.5) is 0 Å². The Morgan fingerprint density at radius 2 is 2.07 bits per heavy atom. The van der Waals surface area contributed by atoms with Gasteiger partial charge in [0.2, 0.25) is 5.88 Å². The Morgan fingerprint density at radius 3 is 2.60 bits per heavy atom. The van der Waals surface area contributed by atoms with Gasteiger partial charge in [0.05, 0.1) is 9.88 Å². The number of rotatable bonds is 2. The number of alkyl halides is 1. The molecule has 2 rings (SSSR count). The van der Waals surface area contributed by atoms with E-state index in [1.54, 1.807) is 11.3 Å². The summed E-state index contributed by atoms with van der Waals surface area (Å²) < 4.78 is 0. The molecule has 1 aliphatic carbocycles. The number of nitrogens with zero attached hydrogens (tertiary/aromatic N) is 1. The fourth-order valence-electron chi connectivity index (χ4n) is 2.10. The molecular formula is C11H16ClNOS. The summed E-state index contributed by atoms with van der Waals surface area (Å²) in [6.07, 6.45) is 5.67. The second-order valence-corrected chi connectivity index (χ2v) is 6.21. The van der Waals surface area contributed by atoms with Crippen LogP contribution >= 0.6 is 22.9 Å². The molecule has 1 saturated carbocycles. The normalized spacial score (nSPS) is 26.8. The van der Waals surface area contributed by atoms with E-state index in [1.807, 2.05) is 6.92 Å². The van der Waals surface area contributed by atoms with Gasteiger partial charge in [0.15, 0.2) is 0 Å². The molecule has 0 aliphatic heterocycles. The average Bonchev–Trinajstić information content (AvgIpc) is 2.50. The minimum atomic E-state index is 0.209. The first-order valence-electron chi connectivity index (χ1n) is 5.44. The SMILES string of the molecule is Cc1sc(CC2CCC(Cl)CC2)nc1O. The smallest absolute Gasteiger partial charge is 0.225 e. The highest BCUT2D eigenvalue weighted by molar-refractivity contribution is 7.11. The predicted octanol–water partition coefficient (Wildman–Crippen LogP) is 3.50. The van der Waals surface area contributed by atoms with Crippen LogP contribution < -0.4 is 0 Å². The van der Waals surface area contributed by atoms with Crippen molar-refractivity contribution in [2.24, 2.45) is 5.92 Å². The van der Waals surface area contributed by atoms with Crippen molar-refractivity contribution in [3.63, 3.8) is 0 Å². The van der Waals surface area contributed by atoms with Crippen LogP contribution in [0.15, 0.2) is 0 Å². The van der Waals surface area contributed by atoms with Gasteiger partial charge < -0.3 is 5.11 Å². The Labute approximate surface area is 99.3 Å². The van der Waals surface area contributed by atoms with Crippen LogP contribution in [0, 0.1) is 12.8 Å². The van der Waals surface area contributed by atoms with Gasteiger partial charge in [-0.25, -0.2) is 4.98 Å². The van der Waals surface area contributed by atoms with E-state index >= 15 is 0 Å². The molecule has 0 unspecified atom stereocenters. The number of aromatic nitrogens is 1. The summed E-state index contributed by atoms with van der Waals surface area (Å²) in [5.74, 6) is 0.922. The monoisotopic (exact) mass is 245 g/mol. The Balaban J connectivity index is 1.91. The molecule has 84 valence electrons. The van der Waals surface area contributed by atoms with Crippen molar-refractivity contribution >= 4 is 22.9 Å². The van der Waals surface area contributed by atoms with E-state index in [2.05, 4.69) is 4.98 Å². The average molecular weight is 246 g/mol. The molecule has 1 N–H and O–H groups in total. The molecule has 1 aromatic heterocycles. The van der Waals surface area contributed by atoms with Crippen molar-refractivity contribution in [1.29, 1.82) is 0 Å². The summed E-state index contributed by atoms with van der Waals surface area (Å²) in [4.78, 5) is 5.09. The molecule has 1 fully saturated rings. The van der Waals surface area contributed by atoms with Crippen LogP contribution in [-0.4, -0.2) is 15.5 Å². The van der Waals surface area contributed by atoms with Crippen LogP contribution in [0.3, 0.4) is 0 Å².